The van der Waals surface area contributed by atoms with Crippen LogP contribution in [-0.4, -0.2) is 73.3 Å². The van der Waals surface area contributed by atoms with E-state index in [9.17, 15) is 19.2 Å². The topological polar surface area (TPSA) is 105 Å². The number of esters is 4. The van der Waals surface area contributed by atoms with Crippen LogP contribution in [0.4, 0.5) is 0 Å². The highest BCUT2D eigenvalue weighted by molar-refractivity contribution is 7.99. The van der Waals surface area contributed by atoms with Gasteiger partial charge in [0.2, 0.25) is 0 Å². The van der Waals surface area contributed by atoms with Gasteiger partial charge in [-0.2, -0.15) is 23.5 Å². The molecular weight excluding hydrogens is 1100 g/mol. The minimum atomic E-state index is -0.111. The number of thioether (sulfide) groups is 2. The predicted molar refractivity (Wildman–Crippen MR) is 378 cm³/mol. The van der Waals surface area contributed by atoms with Crippen molar-refractivity contribution in [1.29, 1.82) is 0 Å². The maximum absolute atomic E-state index is 12.0. The van der Waals surface area contributed by atoms with E-state index < -0.39 is 0 Å². The Morgan fingerprint density at radius 1 is 0.186 bits per heavy atom. The number of hydrogen-bond acceptors (Lipinski definition) is 10. The maximum atomic E-state index is 12.0. The molecule has 0 bridgehead atoms. The van der Waals surface area contributed by atoms with Crippen molar-refractivity contribution in [3.63, 3.8) is 0 Å². The summed E-state index contributed by atoms with van der Waals surface area (Å²) >= 11 is 3.27. The average molecular weight is 1250 g/mol. The lowest BCUT2D eigenvalue weighted by Gasteiger charge is -2.06. The number of ether oxygens (including phenoxy) is 4. The van der Waals surface area contributed by atoms with E-state index in [4.69, 9.17) is 18.9 Å². The summed E-state index contributed by atoms with van der Waals surface area (Å²) in [6.07, 6.45) is 76.2. The first-order chi connectivity index (χ1) is 42.4. The number of carbonyl (C=O) groups is 4. The van der Waals surface area contributed by atoms with E-state index in [2.05, 4.69) is 27.7 Å². The molecule has 86 heavy (non-hydrogen) atoms. The highest BCUT2D eigenvalue weighted by Crippen LogP contribution is 2.18. The van der Waals surface area contributed by atoms with E-state index in [1.807, 2.05) is 0 Å². The van der Waals surface area contributed by atoms with Gasteiger partial charge in [0.1, 0.15) is 0 Å². The lowest BCUT2D eigenvalue weighted by atomic mass is 10.0. The minimum Gasteiger partial charge on any atom is -0.466 e. The monoisotopic (exact) mass is 1250 g/mol. The number of hydrogen-bond donors (Lipinski definition) is 0. The Morgan fingerprint density at radius 2 is 0.302 bits per heavy atom. The first-order valence-corrected chi connectivity index (χ1v) is 40.5. The Kier molecular flexibility index (Phi) is 80.3. The summed E-state index contributed by atoms with van der Waals surface area (Å²) in [4.78, 5) is 47.6. The third-order valence-electron chi connectivity index (χ3n) is 16.8. The van der Waals surface area contributed by atoms with E-state index >= 15 is 0 Å². The molecule has 0 heterocycles. The predicted octanol–water partition coefficient (Wildman–Crippen LogP) is 25.1. The summed E-state index contributed by atoms with van der Waals surface area (Å²) in [5.41, 5.74) is 0. The van der Waals surface area contributed by atoms with Gasteiger partial charge in [-0.3, -0.25) is 19.2 Å². The lowest BCUT2D eigenvalue weighted by Crippen LogP contribution is -2.09. The summed E-state index contributed by atoms with van der Waals surface area (Å²) in [7, 11) is 0. The number of rotatable bonds is 72. The molecule has 0 atom stereocenters. The van der Waals surface area contributed by atoms with Gasteiger partial charge in [-0.15, -0.1) is 0 Å². The average Bonchev–Trinajstić information content (AvgIpc) is 3.51. The zero-order valence-electron chi connectivity index (χ0n) is 58.2. The van der Waals surface area contributed by atoms with Crippen LogP contribution in [0.2, 0.25) is 0 Å². The van der Waals surface area contributed by atoms with Gasteiger partial charge in [0.25, 0.3) is 0 Å². The molecule has 0 saturated heterocycles. The van der Waals surface area contributed by atoms with Gasteiger partial charge in [-0.05, 0) is 25.7 Å². The van der Waals surface area contributed by atoms with Crippen LogP contribution in [0, 0.1) is 0 Å². The molecule has 0 rings (SSSR count). The second kappa shape index (κ2) is 79.7. The molecule has 0 aromatic rings. The van der Waals surface area contributed by atoms with Crippen LogP contribution >= 0.6 is 23.5 Å². The molecule has 0 aromatic heterocycles. The molecule has 0 aliphatic carbocycles. The summed E-state index contributed by atoms with van der Waals surface area (Å²) in [6, 6.07) is 0. The summed E-state index contributed by atoms with van der Waals surface area (Å²) < 4.78 is 21.5. The van der Waals surface area contributed by atoms with Crippen LogP contribution < -0.4 is 0 Å². The van der Waals surface area contributed by atoms with E-state index in [-0.39, 0.29) is 23.9 Å². The van der Waals surface area contributed by atoms with Gasteiger partial charge < -0.3 is 18.9 Å². The van der Waals surface area contributed by atoms with Crippen LogP contribution in [-0.2, 0) is 38.1 Å². The van der Waals surface area contributed by atoms with Crippen molar-refractivity contribution in [2.45, 2.75) is 413 Å². The van der Waals surface area contributed by atoms with Crippen molar-refractivity contribution in [1.82, 2.24) is 0 Å². The molecule has 0 aromatic carbocycles. The largest absolute Gasteiger partial charge is 0.466 e. The van der Waals surface area contributed by atoms with Crippen molar-refractivity contribution in [3.8, 4) is 0 Å². The van der Waals surface area contributed by atoms with Crippen molar-refractivity contribution < 1.29 is 38.1 Å². The Hall–Kier alpha value is -1.42. The van der Waals surface area contributed by atoms with Crippen LogP contribution in [0.15, 0.2) is 0 Å². The van der Waals surface area contributed by atoms with Gasteiger partial charge >= 0.3 is 23.9 Å². The number of unbranched alkanes of at least 4 members (excludes halogenated alkanes) is 52. The fraction of sp³-hybridized carbons (Fsp3) is 0.947. The third-order valence-corrected chi connectivity index (χ3v) is 18.8. The number of carbonyl (C=O) groups excluding carboxylic acids is 4. The first kappa shape index (κ1) is 86.6. The Balaban J connectivity index is 0. The Bertz CT molecular complexity index is 1240. The molecule has 0 aliphatic rings. The fourth-order valence-electron chi connectivity index (χ4n) is 11.0. The lowest BCUT2D eigenvalue weighted by molar-refractivity contribution is -0.144. The van der Waals surface area contributed by atoms with E-state index in [0.717, 1.165) is 51.4 Å². The molecule has 512 valence electrons. The smallest absolute Gasteiger partial charge is 0.306 e. The van der Waals surface area contributed by atoms with Crippen molar-refractivity contribution in [2.75, 3.05) is 49.4 Å². The fourth-order valence-corrected chi connectivity index (χ4v) is 12.7. The zero-order valence-corrected chi connectivity index (χ0v) is 59.8. The quantitative estimate of drug-likeness (QED) is 0.0332. The second-order valence-electron chi connectivity index (χ2n) is 25.5. The Labute approximate surface area is 544 Å². The van der Waals surface area contributed by atoms with E-state index in [0.29, 0.717) is 75.1 Å². The SMILES string of the molecule is CCCCCCCCCCCCCCCCCCOC(=O)CCSCCC(=O)OCCCCCCCCCCCCCCCCCC.CCCCCCCCCCCCCCOC(=O)CCSCCC(=O)OCCCCCCCCCCCCCC. The Morgan fingerprint density at radius 3 is 0.430 bits per heavy atom. The maximum Gasteiger partial charge on any atom is 0.306 e. The zero-order chi connectivity index (χ0) is 62.6. The van der Waals surface area contributed by atoms with Crippen molar-refractivity contribution in [2.24, 2.45) is 0 Å². The molecule has 8 nitrogen and oxygen atoms in total. The minimum absolute atomic E-state index is 0.107. The summed E-state index contributed by atoms with van der Waals surface area (Å²) in [5, 5.41) is 0. The van der Waals surface area contributed by atoms with Crippen LogP contribution in [0.5, 0.6) is 0 Å². The van der Waals surface area contributed by atoms with Crippen LogP contribution in [0.3, 0.4) is 0 Å². The van der Waals surface area contributed by atoms with Gasteiger partial charge in [0.15, 0.2) is 0 Å². The molecule has 10 heteroatoms. The highest BCUT2D eigenvalue weighted by atomic mass is 32.2. The molecule has 0 unspecified atom stereocenters. The van der Waals surface area contributed by atoms with Gasteiger partial charge in [0.05, 0.1) is 52.1 Å². The molecule has 0 spiro atoms. The van der Waals surface area contributed by atoms with Crippen LogP contribution in [0.1, 0.15) is 413 Å². The van der Waals surface area contributed by atoms with Gasteiger partial charge in [-0.25, -0.2) is 0 Å². The van der Waals surface area contributed by atoms with Gasteiger partial charge in [0, 0.05) is 23.0 Å². The molecule has 0 amide bonds. The van der Waals surface area contributed by atoms with Crippen molar-refractivity contribution in [3.05, 3.63) is 0 Å². The summed E-state index contributed by atoms with van der Waals surface area (Å²) in [6.45, 7) is 11.3. The second-order valence-corrected chi connectivity index (χ2v) is 27.9. The molecule has 0 N–H and O–H groups in total. The van der Waals surface area contributed by atoms with Crippen molar-refractivity contribution >= 4 is 47.4 Å². The standard InChI is InChI=1S/C42H82O4S.C34H66O4S/c1-3-5-7-9-11-13-15-17-19-21-23-25-27-29-31-33-37-45-41(43)35-39-47-40-36-42(44)46-38-34-32-30-28-26-24-22-20-18-16-14-12-10-8-6-4-2;1-3-5-7-9-11-13-15-17-19-21-23-25-29-37-33(35)27-31-39-32-28-34(36)38-30-26-24-22-20-18-16-14-12-10-8-6-4-2/h3-40H2,1-2H3;3-32H2,1-2H3. The van der Waals surface area contributed by atoms with Crippen LogP contribution in [0.25, 0.3) is 0 Å². The third kappa shape index (κ3) is 80.6. The molecule has 0 fully saturated rings. The molecule has 0 radical (unpaired) electrons. The molecular formula is C76H148O8S2. The normalized spacial score (nSPS) is 11.2. The van der Waals surface area contributed by atoms with Gasteiger partial charge in [-0.1, -0.05) is 362 Å². The highest BCUT2D eigenvalue weighted by Gasteiger charge is 2.09. The summed E-state index contributed by atoms with van der Waals surface area (Å²) in [5.74, 6) is 2.41. The van der Waals surface area contributed by atoms with E-state index in [1.165, 1.54) is 308 Å². The first-order valence-electron chi connectivity index (χ1n) is 38.2. The molecule has 0 saturated carbocycles. The van der Waals surface area contributed by atoms with E-state index in [1.54, 1.807) is 23.5 Å². The molecule has 0 aliphatic heterocycles.